The number of nitrogens with one attached hydrogen (secondary N) is 1. The van der Waals surface area contributed by atoms with Crippen molar-refractivity contribution >= 4 is 5.69 Å². The first-order valence-corrected chi connectivity index (χ1v) is 6.82. The summed E-state index contributed by atoms with van der Waals surface area (Å²) in [6, 6.07) is 10.9. The van der Waals surface area contributed by atoms with Crippen molar-refractivity contribution in [1.82, 2.24) is 9.78 Å². The van der Waals surface area contributed by atoms with Crippen LogP contribution >= 0.6 is 0 Å². The lowest BCUT2D eigenvalue weighted by atomic mass is 9.95. The number of aryl methyl sites for hydroxylation is 2. The zero-order valence-corrected chi connectivity index (χ0v) is 12.4. The van der Waals surface area contributed by atoms with Gasteiger partial charge in [0.05, 0.1) is 23.1 Å². The molecule has 0 spiro atoms. The standard InChI is InChI=1S/C16H23N3/c1-11(2)15(14-9-7-6-8-10-14)17-16-12(3)18-19(5)13(16)4/h6-11,15,17H,1-5H3. The Hall–Kier alpha value is -1.77. The van der Waals surface area contributed by atoms with Crippen LogP contribution in [0, 0.1) is 19.8 Å². The number of aromatic nitrogens is 2. The molecule has 0 aliphatic rings. The molecule has 0 saturated heterocycles. The molecule has 1 aromatic carbocycles. The fourth-order valence-corrected chi connectivity index (χ4v) is 2.43. The Balaban J connectivity index is 2.32. The third-order valence-electron chi connectivity index (χ3n) is 3.63. The van der Waals surface area contributed by atoms with E-state index in [-0.39, 0.29) is 0 Å². The topological polar surface area (TPSA) is 29.9 Å². The summed E-state index contributed by atoms with van der Waals surface area (Å²) in [6.45, 7) is 8.64. The van der Waals surface area contributed by atoms with Crippen LogP contribution in [0.4, 0.5) is 5.69 Å². The second kappa shape index (κ2) is 5.47. The molecule has 3 nitrogen and oxygen atoms in total. The first kappa shape index (κ1) is 13.7. The second-order valence-corrected chi connectivity index (χ2v) is 5.45. The van der Waals surface area contributed by atoms with Crippen molar-refractivity contribution in [2.45, 2.75) is 33.7 Å². The maximum Gasteiger partial charge on any atom is 0.0828 e. The molecule has 0 fully saturated rings. The number of hydrogen-bond donors (Lipinski definition) is 1. The van der Waals surface area contributed by atoms with Gasteiger partial charge in [-0.2, -0.15) is 5.10 Å². The van der Waals surface area contributed by atoms with Crippen LogP contribution < -0.4 is 5.32 Å². The van der Waals surface area contributed by atoms with Crippen LogP contribution in [0.5, 0.6) is 0 Å². The van der Waals surface area contributed by atoms with E-state index in [2.05, 4.69) is 68.4 Å². The second-order valence-electron chi connectivity index (χ2n) is 5.45. The first-order chi connectivity index (χ1) is 9.00. The highest BCUT2D eigenvalue weighted by Gasteiger charge is 2.19. The average Bonchev–Trinajstić information content (AvgIpc) is 2.62. The van der Waals surface area contributed by atoms with E-state index >= 15 is 0 Å². The third kappa shape index (κ3) is 2.80. The van der Waals surface area contributed by atoms with Crippen molar-refractivity contribution in [3.8, 4) is 0 Å². The van der Waals surface area contributed by atoms with Crippen LogP contribution in [-0.2, 0) is 7.05 Å². The van der Waals surface area contributed by atoms with Gasteiger partial charge in [-0.15, -0.1) is 0 Å². The SMILES string of the molecule is Cc1nn(C)c(C)c1NC(c1ccccc1)C(C)C. The molecule has 1 N–H and O–H groups in total. The molecule has 0 amide bonds. The van der Waals surface area contributed by atoms with E-state index in [0.29, 0.717) is 12.0 Å². The fourth-order valence-electron chi connectivity index (χ4n) is 2.43. The predicted molar refractivity (Wildman–Crippen MR) is 80.3 cm³/mol. The molecule has 102 valence electrons. The van der Waals surface area contributed by atoms with E-state index in [9.17, 15) is 0 Å². The molecule has 2 aromatic rings. The van der Waals surface area contributed by atoms with Crippen LogP contribution in [0.15, 0.2) is 30.3 Å². The van der Waals surface area contributed by atoms with Gasteiger partial charge in [-0.3, -0.25) is 4.68 Å². The van der Waals surface area contributed by atoms with Crippen molar-refractivity contribution < 1.29 is 0 Å². The minimum Gasteiger partial charge on any atom is -0.375 e. The lowest BCUT2D eigenvalue weighted by Crippen LogP contribution is -2.17. The normalized spacial score (nSPS) is 12.7. The van der Waals surface area contributed by atoms with E-state index in [0.717, 1.165) is 11.4 Å². The highest BCUT2D eigenvalue weighted by atomic mass is 15.3. The molecular formula is C16H23N3. The zero-order chi connectivity index (χ0) is 14.0. The molecule has 1 aromatic heterocycles. The van der Waals surface area contributed by atoms with Crippen molar-refractivity contribution in [3.63, 3.8) is 0 Å². The lowest BCUT2D eigenvalue weighted by molar-refractivity contribution is 0.546. The Morgan fingerprint density at radius 1 is 1.11 bits per heavy atom. The van der Waals surface area contributed by atoms with E-state index in [1.165, 1.54) is 11.3 Å². The highest BCUT2D eigenvalue weighted by molar-refractivity contribution is 5.53. The molecule has 0 aliphatic carbocycles. The highest BCUT2D eigenvalue weighted by Crippen LogP contribution is 2.29. The van der Waals surface area contributed by atoms with Gasteiger partial charge in [0.15, 0.2) is 0 Å². The van der Waals surface area contributed by atoms with Crippen molar-refractivity contribution in [1.29, 1.82) is 0 Å². The largest absolute Gasteiger partial charge is 0.375 e. The third-order valence-corrected chi connectivity index (χ3v) is 3.63. The van der Waals surface area contributed by atoms with Gasteiger partial charge in [0.1, 0.15) is 0 Å². The van der Waals surface area contributed by atoms with Gasteiger partial charge >= 0.3 is 0 Å². The molecule has 0 aliphatic heterocycles. The molecule has 0 bridgehead atoms. The van der Waals surface area contributed by atoms with E-state index in [4.69, 9.17) is 0 Å². The summed E-state index contributed by atoms with van der Waals surface area (Å²) >= 11 is 0. The molecule has 2 rings (SSSR count). The van der Waals surface area contributed by atoms with Gasteiger partial charge in [-0.1, -0.05) is 44.2 Å². The van der Waals surface area contributed by atoms with Gasteiger partial charge < -0.3 is 5.32 Å². The molecule has 0 radical (unpaired) electrons. The Labute approximate surface area is 115 Å². The summed E-state index contributed by atoms with van der Waals surface area (Å²) in [5.41, 5.74) is 4.71. The van der Waals surface area contributed by atoms with Crippen molar-refractivity contribution in [2.75, 3.05) is 5.32 Å². The fraction of sp³-hybridized carbons (Fsp3) is 0.438. The Kier molecular flexibility index (Phi) is 3.93. The van der Waals surface area contributed by atoms with Crippen molar-refractivity contribution in [3.05, 3.63) is 47.3 Å². The van der Waals surface area contributed by atoms with Crippen LogP contribution in [0.2, 0.25) is 0 Å². The van der Waals surface area contributed by atoms with Crippen LogP contribution in [0.1, 0.15) is 36.8 Å². The Morgan fingerprint density at radius 3 is 2.21 bits per heavy atom. The predicted octanol–water partition coefficient (Wildman–Crippen LogP) is 3.85. The summed E-state index contributed by atoms with van der Waals surface area (Å²) in [4.78, 5) is 0. The molecule has 1 heterocycles. The first-order valence-electron chi connectivity index (χ1n) is 6.82. The van der Waals surface area contributed by atoms with Gasteiger partial charge in [0, 0.05) is 7.05 Å². The minimum absolute atomic E-state index is 0.308. The van der Waals surface area contributed by atoms with Crippen LogP contribution in [-0.4, -0.2) is 9.78 Å². The Bertz CT molecular complexity index is 541. The van der Waals surface area contributed by atoms with Gasteiger partial charge in [-0.25, -0.2) is 0 Å². The number of benzene rings is 1. The Morgan fingerprint density at radius 2 is 1.74 bits per heavy atom. The summed E-state index contributed by atoms with van der Waals surface area (Å²) in [5, 5.41) is 8.14. The monoisotopic (exact) mass is 257 g/mol. The maximum atomic E-state index is 4.47. The zero-order valence-electron chi connectivity index (χ0n) is 12.4. The number of nitrogens with zero attached hydrogens (tertiary/aromatic N) is 2. The smallest absolute Gasteiger partial charge is 0.0828 e. The summed E-state index contributed by atoms with van der Waals surface area (Å²) < 4.78 is 1.93. The maximum absolute atomic E-state index is 4.47. The van der Waals surface area contributed by atoms with E-state index < -0.39 is 0 Å². The lowest BCUT2D eigenvalue weighted by Gasteiger charge is -2.24. The quantitative estimate of drug-likeness (QED) is 0.901. The van der Waals surface area contributed by atoms with E-state index in [1.807, 2.05) is 11.7 Å². The van der Waals surface area contributed by atoms with Gasteiger partial charge in [0.25, 0.3) is 0 Å². The number of anilines is 1. The average molecular weight is 257 g/mol. The molecular weight excluding hydrogens is 234 g/mol. The minimum atomic E-state index is 0.308. The van der Waals surface area contributed by atoms with Gasteiger partial charge in [-0.05, 0) is 25.3 Å². The molecule has 0 saturated carbocycles. The summed E-state index contributed by atoms with van der Waals surface area (Å²) in [5.74, 6) is 0.515. The molecule has 19 heavy (non-hydrogen) atoms. The van der Waals surface area contributed by atoms with Crippen molar-refractivity contribution in [2.24, 2.45) is 13.0 Å². The molecule has 3 heteroatoms. The number of rotatable bonds is 4. The summed E-state index contributed by atoms with van der Waals surface area (Å²) in [6.07, 6.45) is 0. The summed E-state index contributed by atoms with van der Waals surface area (Å²) in [7, 11) is 1.99. The number of hydrogen-bond acceptors (Lipinski definition) is 2. The van der Waals surface area contributed by atoms with Crippen LogP contribution in [0.3, 0.4) is 0 Å². The molecule has 1 atom stereocenters. The van der Waals surface area contributed by atoms with Crippen LogP contribution in [0.25, 0.3) is 0 Å². The van der Waals surface area contributed by atoms with E-state index in [1.54, 1.807) is 0 Å². The molecule has 1 unspecified atom stereocenters. The van der Waals surface area contributed by atoms with Gasteiger partial charge in [0.2, 0.25) is 0 Å².